The SMILES string of the molecule is C[C@@H](c1ccccc1)[C@@](C)(O)C(=O)NCc1nccn1-c1ccccc1. The van der Waals surface area contributed by atoms with Crippen LogP contribution in [-0.4, -0.2) is 26.2 Å². The maximum Gasteiger partial charge on any atom is 0.252 e. The highest BCUT2D eigenvalue weighted by Gasteiger charge is 2.37. The second-order valence-electron chi connectivity index (χ2n) is 6.51. The van der Waals surface area contributed by atoms with Crippen LogP contribution in [0.15, 0.2) is 73.1 Å². The van der Waals surface area contributed by atoms with Crippen LogP contribution in [0.5, 0.6) is 0 Å². The van der Waals surface area contributed by atoms with Crippen molar-refractivity contribution in [3.05, 3.63) is 84.4 Å². The van der Waals surface area contributed by atoms with Crippen molar-refractivity contribution in [1.82, 2.24) is 14.9 Å². The van der Waals surface area contributed by atoms with E-state index in [0.29, 0.717) is 5.82 Å². The van der Waals surface area contributed by atoms with Crippen LogP contribution in [0.4, 0.5) is 0 Å². The van der Waals surface area contributed by atoms with E-state index >= 15 is 0 Å². The van der Waals surface area contributed by atoms with E-state index in [1.54, 1.807) is 13.1 Å². The lowest BCUT2D eigenvalue weighted by Gasteiger charge is -2.29. The predicted molar refractivity (Wildman–Crippen MR) is 101 cm³/mol. The first-order chi connectivity index (χ1) is 12.5. The summed E-state index contributed by atoms with van der Waals surface area (Å²) < 4.78 is 1.91. The third kappa shape index (κ3) is 3.68. The molecule has 0 fully saturated rings. The highest BCUT2D eigenvalue weighted by molar-refractivity contribution is 5.85. The highest BCUT2D eigenvalue weighted by atomic mass is 16.3. The smallest absolute Gasteiger partial charge is 0.252 e. The van der Waals surface area contributed by atoms with Crippen LogP contribution in [0.1, 0.15) is 31.2 Å². The molecular weight excluding hydrogens is 326 g/mol. The van der Waals surface area contributed by atoms with Crippen molar-refractivity contribution in [3.8, 4) is 5.69 Å². The van der Waals surface area contributed by atoms with Gasteiger partial charge in [0.15, 0.2) is 0 Å². The van der Waals surface area contributed by atoms with Crippen molar-refractivity contribution in [2.75, 3.05) is 0 Å². The van der Waals surface area contributed by atoms with Crippen LogP contribution in [-0.2, 0) is 11.3 Å². The zero-order valence-electron chi connectivity index (χ0n) is 15.0. The number of aromatic nitrogens is 2. The normalized spacial score (nSPS) is 14.4. The number of hydrogen-bond acceptors (Lipinski definition) is 3. The molecule has 0 aliphatic rings. The Morgan fingerprint density at radius 3 is 2.42 bits per heavy atom. The van der Waals surface area contributed by atoms with E-state index in [0.717, 1.165) is 11.3 Å². The first-order valence-corrected chi connectivity index (χ1v) is 8.63. The minimum Gasteiger partial charge on any atom is -0.380 e. The summed E-state index contributed by atoms with van der Waals surface area (Å²) in [6.45, 7) is 3.63. The molecule has 0 bridgehead atoms. The van der Waals surface area contributed by atoms with E-state index < -0.39 is 11.5 Å². The van der Waals surface area contributed by atoms with Gasteiger partial charge in [-0.25, -0.2) is 4.98 Å². The average molecular weight is 349 g/mol. The zero-order valence-corrected chi connectivity index (χ0v) is 15.0. The molecule has 5 heteroatoms. The number of rotatable bonds is 6. The molecule has 0 aliphatic carbocycles. The van der Waals surface area contributed by atoms with Crippen LogP contribution >= 0.6 is 0 Å². The number of imidazole rings is 1. The standard InChI is InChI=1S/C21H23N3O2/c1-16(17-9-5-3-6-10-17)21(2,26)20(25)23-15-19-22-13-14-24(19)18-11-7-4-8-12-18/h3-14,16,26H,15H2,1-2H3,(H,23,25)/t16-,21+/m0/s1. The maximum atomic E-state index is 12.6. The number of aliphatic hydroxyl groups is 1. The van der Waals surface area contributed by atoms with Gasteiger partial charge in [0.2, 0.25) is 0 Å². The zero-order chi connectivity index (χ0) is 18.6. The number of carbonyl (C=O) groups is 1. The van der Waals surface area contributed by atoms with Crippen LogP contribution in [0.25, 0.3) is 5.69 Å². The van der Waals surface area contributed by atoms with Gasteiger partial charge in [0.1, 0.15) is 11.4 Å². The molecule has 26 heavy (non-hydrogen) atoms. The van der Waals surface area contributed by atoms with Crippen molar-refractivity contribution in [2.45, 2.75) is 31.9 Å². The lowest BCUT2D eigenvalue weighted by Crippen LogP contribution is -2.48. The summed E-state index contributed by atoms with van der Waals surface area (Å²) in [5, 5.41) is 13.6. The lowest BCUT2D eigenvalue weighted by atomic mass is 9.84. The van der Waals surface area contributed by atoms with Gasteiger partial charge in [0.25, 0.3) is 5.91 Å². The first-order valence-electron chi connectivity index (χ1n) is 8.63. The van der Waals surface area contributed by atoms with Gasteiger partial charge in [-0.05, 0) is 24.6 Å². The molecule has 2 N–H and O–H groups in total. The third-order valence-electron chi connectivity index (χ3n) is 4.76. The Kier molecular flexibility index (Phi) is 5.19. The van der Waals surface area contributed by atoms with Crippen LogP contribution < -0.4 is 5.32 Å². The van der Waals surface area contributed by atoms with E-state index in [-0.39, 0.29) is 12.5 Å². The van der Waals surface area contributed by atoms with Crippen molar-refractivity contribution in [1.29, 1.82) is 0 Å². The summed E-state index contributed by atoms with van der Waals surface area (Å²) in [5.74, 6) is -0.0539. The number of amides is 1. The molecule has 0 saturated heterocycles. The van der Waals surface area contributed by atoms with Crippen LogP contribution in [0.3, 0.4) is 0 Å². The monoisotopic (exact) mass is 349 g/mol. The Morgan fingerprint density at radius 2 is 1.77 bits per heavy atom. The lowest BCUT2D eigenvalue weighted by molar-refractivity contribution is -0.140. The number of benzene rings is 2. The quantitative estimate of drug-likeness (QED) is 0.719. The molecule has 3 aromatic rings. The first kappa shape index (κ1) is 17.9. The molecule has 0 spiro atoms. The van der Waals surface area contributed by atoms with Gasteiger partial charge in [0, 0.05) is 24.0 Å². The van der Waals surface area contributed by atoms with Crippen molar-refractivity contribution in [2.24, 2.45) is 0 Å². The fourth-order valence-electron chi connectivity index (χ4n) is 2.89. The molecule has 0 aliphatic heterocycles. The molecule has 1 heterocycles. The molecule has 0 radical (unpaired) electrons. The fraction of sp³-hybridized carbons (Fsp3) is 0.238. The van der Waals surface area contributed by atoms with E-state index in [1.165, 1.54) is 0 Å². The topological polar surface area (TPSA) is 67.2 Å². The summed E-state index contributed by atoms with van der Waals surface area (Å²) in [4.78, 5) is 16.9. The van der Waals surface area contributed by atoms with Gasteiger partial charge in [0.05, 0.1) is 6.54 Å². The average Bonchev–Trinajstić information content (AvgIpc) is 3.15. The van der Waals surface area contributed by atoms with Gasteiger partial charge >= 0.3 is 0 Å². The molecule has 5 nitrogen and oxygen atoms in total. The molecule has 0 unspecified atom stereocenters. The van der Waals surface area contributed by atoms with Crippen molar-refractivity contribution < 1.29 is 9.90 Å². The second kappa shape index (κ2) is 7.54. The number of hydrogen-bond donors (Lipinski definition) is 2. The fourth-order valence-corrected chi connectivity index (χ4v) is 2.89. The minimum atomic E-state index is -1.52. The molecule has 134 valence electrons. The summed E-state index contributed by atoms with van der Waals surface area (Å²) in [5.41, 5.74) is 0.364. The molecule has 0 saturated carbocycles. The van der Waals surface area contributed by atoms with Gasteiger partial charge < -0.3 is 15.0 Å². The molecule has 1 aromatic heterocycles. The molecular formula is C21H23N3O2. The number of para-hydroxylation sites is 1. The van der Waals surface area contributed by atoms with Crippen molar-refractivity contribution >= 4 is 5.91 Å². The maximum absolute atomic E-state index is 12.6. The summed E-state index contributed by atoms with van der Waals surface area (Å²) in [7, 11) is 0. The Bertz CT molecular complexity index is 857. The van der Waals surface area contributed by atoms with E-state index in [9.17, 15) is 9.90 Å². The number of nitrogens with one attached hydrogen (secondary N) is 1. The minimum absolute atomic E-state index is 0.235. The van der Waals surface area contributed by atoms with E-state index in [1.807, 2.05) is 78.4 Å². The molecule has 2 aromatic carbocycles. The summed E-state index contributed by atoms with van der Waals surface area (Å²) in [6.07, 6.45) is 3.54. The van der Waals surface area contributed by atoms with Crippen molar-refractivity contribution in [3.63, 3.8) is 0 Å². The predicted octanol–water partition coefficient (Wildman–Crippen LogP) is 3.04. The molecule has 3 rings (SSSR count). The van der Waals surface area contributed by atoms with E-state index in [4.69, 9.17) is 0 Å². The van der Waals surface area contributed by atoms with Crippen LogP contribution in [0.2, 0.25) is 0 Å². The Hall–Kier alpha value is -2.92. The summed E-state index contributed by atoms with van der Waals surface area (Å²) >= 11 is 0. The Labute approximate surface area is 153 Å². The Balaban J connectivity index is 1.70. The molecule has 1 amide bonds. The van der Waals surface area contributed by atoms with E-state index in [2.05, 4.69) is 10.3 Å². The van der Waals surface area contributed by atoms with Gasteiger partial charge in [-0.3, -0.25) is 4.79 Å². The largest absolute Gasteiger partial charge is 0.380 e. The Morgan fingerprint density at radius 1 is 1.15 bits per heavy atom. The second-order valence-corrected chi connectivity index (χ2v) is 6.51. The number of carbonyl (C=O) groups excluding carboxylic acids is 1. The third-order valence-corrected chi connectivity index (χ3v) is 4.76. The van der Waals surface area contributed by atoms with Gasteiger partial charge in [-0.1, -0.05) is 55.5 Å². The summed E-state index contributed by atoms with van der Waals surface area (Å²) in [6, 6.07) is 19.3. The van der Waals surface area contributed by atoms with Gasteiger partial charge in [-0.15, -0.1) is 0 Å². The van der Waals surface area contributed by atoms with Crippen LogP contribution in [0, 0.1) is 0 Å². The number of nitrogens with zero attached hydrogens (tertiary/aromatic N) is 2. The highest BCUT2D eigenvalue weighted by Crippen LogP contribution is 2.28. The molecule has 2 atom stereocenters. The van der Waals surface area contributed by atoms with Gasteiger partial charge in [-0.2, -0.15) is 0 Å².